The maximum Gasteiger partial charge on any atom is 0.282 e. The molecule has 1 N–H and O–H groups in total. The molecule has 1 unspecified atom stereocenters. The van der Waals surface area contributed by atoms with E-state index in [2.05, 4.69) is 5.32 Å². The maximum atomic E-state index is 12.7. The van der Waals surface area contributed by atoms with Gasteiger partial charge in [-0.25, -0.2) is 0 Å². The number of nitrogens with zero attached hydrogens (tertiary/aromatic N) is 2. The third kappa shape index (κ3) is 2.82. The van der Waals surface area contributed by atoms with Crippen molar-refractivity contribution < 1.29 is 8.42 Å². The highest BCUT2D eigenvalue weighted by molar-refractivity contribution is 7.86. The Hall–Kier alpha value is -0.170. The molecule has 3 aliphatic rings. The van der Waals surface area contributed by atoms with Crippen LogP contribution in [0, 0.1) is 0 Å². The van der Waals surface area contributed by atoms with Gasteiger partial charge in [-0.3, -0.25) is 0 Å². The first-order valence-electron chi connectivity index (χ1n) is 7.68. The largest absolute Gasteiger partial charge is 0.313 e. The van der Waals surface area contributed by atoms with Crippen molar-refractivity contribution in [3.8, 4) is 0 Å². The average molecular weight is 287 g/mol. The molecule has 1 saturated carbocycles. The molecule has 0 bridgehead atoms. The Balaban J connectivity index is 1.69. The number of nitrogens with one attached hydrogen (secondary N) is 1. The summed E-state index contributed by atoms with van der Waals surface area (Å²) in [6, 6.07) is 0.627. The van der Waals surface area contributed by atoms with E-state index in [4.69, 9.17) is 0 Å². The summed E-state index contributed by atoms with van der Waals surface area (Å²) >= 11 is 0. The van der Waals surface area contributed by atoms with Crippen LogP contribution in [0.1, 0.15) is 44.9 Å². The average Bonchev–Trinajstić information content (AvgIpc) is 3.04. The van der Waals surface area contributed by atoms with E-state index in [1.165, 1.54) is 19.3 Å². The van der Waals surface area contributed by atoms with Crippen molar-refractivity contribution in [3.05, 3.63) is 0 Å². The summed E-state index contributed by atoms with van der Waals surface area (Å²) in [5.41, 5.74) is 0. The van der Waals surface area contributed by atoms with E-state index in [9.17, 15) is 8.42 Å². The lowest BCUT2D eigenvalue weighted by Crippen LogP contribution is -2.55. The van der Waals surface area contributed by atoms with Gasteiger partial charge in [0.15, 0.2) is 0 Å². The van der Waals surface area contributed by atoms with Crippen molar-refractivity contribution in [2.75, 3.05) is 26.2 Å². The van der Waals surface area contributed by atoms with Crippen LogP contribution in [0.5, 0.6) is 0 Å². The van der Waals surface area contributed by atoms with Crippen molar-refractivity contribution in [1.29, 1.82) is 0 Å². The molecular formula is C13H25N3O2S. The first-order valence-corrected chi connectivity index (χ1v) is 9.08. The van der Waals surface area contributed by atoms with Crippen LogP contribution in [-0.2, 0) is 10.2 Å². The van der Waals surface area contributed by atoms with Gasteiger partial charge in [0.2, 0.25) is 0 Å². The Morgan fingerprint density at radius 2 is 1.79 bits per heavy atom. The standard InChI is InChI=1S/C13H25N3O2S/c17-19(18)15(11-12-5-3-8-14-12)9-4-10-16(19)13-6-1-2-7-13/h12-14H,1-11H2. The fourth-order valence-electron chi connectivity index (χ4n) is 3.69. The first kappa shape index (κ1) is 13.8. The van der Waals surface area contributed by atoms with Crippen LogP contribution in [0.15, 0.2) is 0 Å². The third-order valence-electron chi connectivity index (χ3n) is 4.73. The minimum absolute atomic E-state index is 0.268. The molecule has 0 spiro atoms. The number of hydrogen-bond acceptors (Lipinski definition) is 3. The van der Waals surface area contributed by atoms with Crippen LogP contribution in [0.4, 0.5) is 0 Å². The second-order valence-corrected chi connectivity index (χ2v) is 7.94. The van der Waals surface area contributed by atoms with Crippen molar-refractivity contribution in [2.45, 2.75) is 57.0 Å². The topological polar surface area (TPSA) is 52.7 Å². The zero-order chi connectivity index (χ0) is 13.3. The molecule has 0 aromatic rings. The zero-order valence-corrected chi connectivity index (χ0v) is 12.4. The Morgan fingerprint density at radius 1 is 1.00 bits per heavy atom. The Morgan fingerprint density at radius 3 is 2.47 bits per heavy atom. The van der Waals surface area contributed by atoms with Gasteiger partial charge in [-0.05, 0) is 38.6 Å². The summed E-state index contributed by atoms with van der Waals surface area (Å²) in [6.45, 7) is 3.11. The monoisotopic (exact) mass is 287 g/mol. The molecule has 3 fully saturated rings. The minimum atomic E-state index is -3.21. The van der Waals surface area contributed by atoms with Gasteiger partial charge in [0.25, 0.3) is 10.2 Å². The van der Waals surface area contributed by atoms with Crippen LogP contribution >= 0.6 is 0 Å². The quantitative estimate of drug-likeness (QED) is 0.840. The van der Waals surface area contributed by atoms with Crippen molar-refractivity contribution in [1.82, 2.24) is 13.9 Å². The van der Waals surface area contributed by atoms with Gasteiger partial charge in [0.1, 0.15) is 0 Å². The highest BCUT2D eigenvalue weighted by Gasteiger charge is 2.39. The first-order chi connectivity index (χ1) is 9.18. The van der Waals surface area contributed by atoms with E-state index < -0.39 is 10.2 Å². The zero-order valence-electron chi connectivity index (χ0n) is 11.6. The van der Waals surface area contributed by atoms with Gasteiger partial charge in [-0.1, -0.05) is 12.8 Å². The fraction of sp³-hybridized carbons (Fsp3) is 1.00. The van der Waals surface area contributed by atoms with Gasteiger partial charge < -0.3 is 5.32 Å². The molecule has 1 atom stereocenters. The van der Waals surface area contributed by atoms with Crippen LogP contribution in [-0.4, -0.2) is 55.3 Å². The SMILES string of the molecule is O=S1(=O)N(CC2CCCN2)CCCN1C1CCCC1. The van der Waals surface area contributed by atoms with Gasteiger partial charge in [0.05, 0.1) is 0 Å². The van der Waals surface area contributed by atoms with Gasteiger partial charge in [-0.15, -0.1) is 0 Å². The van der Waals surface area contributed by atoms with Gasteiger partial charge in [0, 0.05) is 31.7 Å². The smallest absolute Gasteiger partial charge is 0.282 e. The van der Waals surface area contributed by atoms with Gasteiger partial charge in [-0.2, -0.15) is 17.0 Å². The lowest BCUT2D eigenvalue weighted by molar-refractivity contribution is 0.233. The van der Waals surface area contributed by atoms with E-state index in [1.54, 1.807) is 8.61 Å². The molecular weight excluding hydrogens is 262 g/mol. The molecule has 110 valence electrons. The number of hydrogen-bond donors (Lipinski definition) is 1. The molecule has 3 rings (SSSR count). The normalized spacial score (nSPS) is 34.0. The van der Waals surface area contributed by atoms with E-state index in [1.807, 2.05) is 0 Å². The third-order valence-corrected chi connectivity index (χ3v) is 6.78. The molecule has 1 aliphatic carbocycles. The summed E-state index contributed by atoms with van der Waals surface area (Å²) < 4.78 is 28.9. The lowest BCUT2D eigenvalue weighted by Gasteiger charge is -2.38. The van der Waals surface area contributed by atoms with Crippen molar-refractivity contribution in [3.63, 3.8) is 0 Å². The molecule has 2 aliphatic heterocycles. The van der Waals surface area contributed by atoms with Crippen LogP contribution in [0.25, 0.3) is 0 Å². The second-order valence-electron chi connectivity index (χ2n) is 6.06. The van der Waals surface area contributed by atoms with Crippen LogP contribution in [0.2, 0.25) is 0 Å². The molecule has 2 heterocycles. The second kappa shape index (κ2) is 5.68. The highest BCUT2D eigenvalue weighted by atomic mass is 32.2. The van der Waals surface area contributed by atoms with Gasteiger partial charge >= 0.3 is 0 Å². The van der Waals surface area contributed by atoms with Crippen molar-refractivity contribution >= 4 is 10.2 Å². The van der Waals surface area contributed by atoms with E-state index in [-0.39, 0.29) is 6.04 Å². The lowest BCUT2D eigenvalue weighted by atomic mass is 10.2. The summed E-state index contributed by atoms with van der Waals surface area (Å²) in [4.78, 5) is 0. The van der Waals surface area contributed by atoms with E-state index in [0.717, 1.165) is 38.8 Å². The molecule has 6 heteroatoms. The predicted molar refractivity (Wildman–Crippen MR) is 75.1 cm³/mol. The predicted octanol–water partition coefficient (Wildman–Crippen LogP) is 0.933. The summed E-state index contributed by atoms with van der Waals surface area (Å²) in [7, 11) is -3.21. The Labute approximate surface area is 116 Å². The molecule has 0 radical (unpaired) electrons. The molecule has 0 aromatic carbocycles. The highest BCUT2D eigenvalue weighted by Crippen LogP contribution is 2.29. The molecule has 2 saturated heterocycles. The molecule has 0 aromatic heterocycles. The summed E-state index contributed by atoms with van der Waals surface area (Å²) in [5.74, 6) is 0. The number of rotatable bonds is 3. The fourth-order valence-corrected chi connectivity index (χ4v) is 5.66. The maximum absolute atomic E-state index is 12.7. The van der Waals surface area contributed by atoms with E-state index in [0.29, 0.717) is 19.1 Å². The Bertz CT molecular complexity index is 400. The summed E-state index contributed by atoms with van der Waals surface area (Å²) in [6.07, 6.45) is 7.72. The van der Waals surface area contributed by atoms with E-state index >= 15 is 0 Å². The van der Waals surface area contributed by atoms with Crippen LogP contribution in [0.3, 0.4) is 0 Å². The molecule has 19 heavy (non-hydrogen) atoms. The van der Waals surface area contributed by atoms with Crippen molar-refractivity contribution in [2.24, 2.45) is 0 Å². The minimum Gasteiger partial charge on any atom is -0.313 e. The summed E-state index contributed by atoms with van der Waals surface area (Å²) in [5, 5.41) is 3.40. The molecule has 0 amide bonds. The molecule has 5 nitrogen and oxygen atoms in total. The Kier molecular flexibility index (Phi) is 4.12. The van der Waals surface area contributed by atoms with Crippen LogP contribution < -0.4 is 5.32 Å².